The smallest absolute Gasteiger partial charge is 0.271 e. The van der Waals surface area contributed by atoms with E-state index in [-0.39, 0.29) is 28.1 Å². The molecule has 1 amide bonds. The van der Waals surface area contributed by atoms with Crippen molar-refractivity contribution in [2.45, 2.75) is 19.5 Å². The molecule has 29 heavy (non-hydrogen) atoms. The number of carbonyl (C=O) groups is 1. The Morgan fingerprint density at radius 2 is 1.93 bits per heavy atom. The molecule has 1 aliphatic rings. The lowest BCUT2D eigenvalue weighted by atomic mass is 10.1. The maximum absolute atomic E-state index is 13.8. The van der Waals surface area contributed by atoms with Crippen molar-refractivity contribution in [2.75, 3.05) is 31.5 Å². The van der Waals surface area contributed by atoms with Crippen LogP contribution in [0.15, 0.2) is 42.5 Å². The molecule has 0 radical (unpaired) electrons. The third kappa shape index (κ3) is 5.29. The summed E-state index contributed by atoms with van der Waals surface area (Å²) in [6.45, 7) is 5.06. The summed E-state index contributed by atoms with van der Waals surface area (Å²) in [6, 6.07) is 10.2. The lowest BCUT2D eigenvalue weighted by Gasteiger charge is -2.37. The predicted molar refractivity (Wildman–Crippen MR) is 109 cm³/mol. The van der Waals surface area contributed by atoms with Gasteiger partial charge in [0.1, 0.15) is 5.82 Å². The Labute approximate surface area is 173 Å². The zero-order chi connectivity index (χ0) is 21.0. The number of nitrogens with one attached hydrogen (secondary N) is 1. The van der Waals surface area contributed by atoms with Gasteiger partial charge in [-0.15, -0.1) is 0 Å². The summed E-state index contributed by atoms with van der Waals surface area (Å²) in [5.41, 5.74) is 0.738. The highest BCUT2D eigenvalue weighted by atomic mass is 35.5. The molecule has 2 aromatic rings. The molecular weight excluding hydrogens is 399 g/mol. The van der Waals surface area contributed by atoms with Crippen LogP contribution in [-0.4, -0.2) is 52.9 Å². The van der Waals surface area contributed by atoms with Gasteiger partial charge in [-0.1, -0.05) is 29.8 Å². The zero-order valence-corrected chi connectivity index (χ0v) is 16.7. The molecule has 0 aromatic heterocycles. The minimum Gasteiger partial charge on any atom is -0.323 e. The van der Waals surface area contributed by atoms with Gasteiger partial charge in [-0.3, -0.25) is 24.7 Å². The lowest BCUT2D eigenvalue weighted by Crippen LogP contribution is -2.52. The standard InChI is InChI=1S/C20H22ClFN4O3/c1-14(20(27)23-19-12-16(26(28)29)6-7-17(19)21)25-10-8-24(9-11-25)13-15-4-2-3-5-18(15)22/h2-7,12,14H,8-11,13H2,1H3,(H,23,27). The molecule has 0 bridgehead atoms. The number of hydrogen-bond donors (Lipinski definition) is 1. The summed E-state index contributed by atoms with van der Waals surface area (Å²) in [5, 5.41) is 13.9. The first-order valence-corrected chi connectivity index (χ1v) is 9.67. The molecule has 154 valence electrons. The van der Waals surface area contributed by atoms with Crippen molar-refractivity contribution < 1.29 is 14.1 Å². The minimum atomic E-state index is -0.537. The summed E-state index contributed by atoms with van der Waals surface area (Å²) in [7, 11) is 0. The Bertz CT molecular complexity index is 903. The fourth-order valence-corrected chi connectivity index (χ4v) is 3.47. The van der Waals surface area contributed by atoms with Crippen LogP contribution in [0.5, 0.6) is 0 Å². The zero-order valence-electron chi connectivity index (χ0n) is 16.0. The molecule has 7 nitrogen and oxygen atoms in total. The number of anilines is 1. The molecule has 0 saturated carbocycles. The third-order valence-corrected chi connectivity index (χ3v) is 5.43. The molecule has 1 fully saturated rings. The van der Waals surface area contributed by atoms with Crippen LogP contribution in [0.2, 0.25) is 5.02 Å². The van der Waals surface area contributed by atoms with E-state index in [4.69, 9.17) is 11.6 Å². The van der Waals surface area contributed by atoms with E-state index in [1.807, 2.05) is 11.0 Å². The molecule has 2 aromatic carbocycles. The number of non-ortho nitro benzene ring substituents is 1. The van der Waals surface area contributed by atoms with Gasteiger partial charge in [0.2, 0.25) is 5.91 Å². The van der Waals surface area contributed by atoms with E-state index in [0.29, 0.717) is 38.3 Å². The first-order valence-electron chi connectivity index (χ1n) is 9.30. The Hall–Kier alpha value is -2.55. The van der Waals surface area contributed by atoms with Crippen molar-refractivity contribution in [1.82, 2.24) is 9.80 Å². The third-order valence-electron chi connectivity index (χ3n) is 5.10. The van der Waals surface area contributed by atoms with E-state index in [0.717, 1.165) is 0 Å². The second-order valence-corrected chi connectivity index (χ2v) is 7.40. The van der Waals surface area contributed by atoms with Gasteiger partial charge in [0, 0.05) is 50.4 Å². The van der Waals surface area contributed by atoms with Crippen LogP contribution in [0.1, 0.15) is 12.5 Å². The first kappa shape index (κ1) is 21.2. The average molecular weight is 421 g/mol. The minimum absolute atomic E-state index is 0.140. The van der Waals surface area contributed by atoms with Crippen LogP contribution < -0.4 is 5.32 Å². The molecule has 0 spiro atoms. The van der Waals surface area contributed by atoms with Gasteiger partial charge in [0.15, 0.2) is 0 Å². The van der Waals surface area contributed by atoms with Crippen molar-refractivity contribution in [2.24, 2.45) is 0 Å². The van der Waals surface area contributed by atoms with Crippen molar-refractivity contribution in [1.29, 1.82) is 0 Å². The largest absolute Gasteiger partial charge is 0.323 e. The van der Waals surface area contributed by atoms with Gasteiger partial charge in [-0.25, -0.2) is 4.39 Å². The molecule has 1 heterocycles. The van der Waals surface area contributed by atoms with E-state index in [1.54, 1.807) is 19.1 Å². The quantitative estimate of drug-likeness (QED) is 0.571. The van der Waals surface area contributed by atoms with Crippen LogP contribution in [-0.2, 0) is 11.3 Å². The molecule has 3 rings (SSSR count). The first-order chi connectivity index (χ1) is 13.8. The highest BCUT2D eigenvalue weighted by molar-refractivity contribution is 6.33. The topological polar surface area (TPSA) is 78.7 Å². The molecule has 1 N–H and O–H groups in total. The van der Waals surface area contributed by atoms with E-state index < -0.39 is 11.0 Å². The monoisotopic (exact) mass is 420 g/mol. The summed E-state index contributed by atoms with van der Waals surface area (Å²) in [5.74, 6) is -0.494. The number of halogens is 2. The Morgan fingerprint density at radius 3 is 2.59 bits per heavy atom. The number of nitro benzene ring substituents is 1. The van der Waals surface area contributed by atoms with Crippen molar-refractivity contribution in [3.63, 3.8) is 0 Å². The lowest BCUT2D eigenvalue weighted by molar-refractivity contribution is -0.384. The SMILES string of the molecule is CC(C(=O)Nc1cc([N+](=O)[O-])ccc1Cl)N1CCN(Cc2ccccc2F)CC1. The Morgan fingerprint density at radius 1 is 1.24 bits per heavy atom. The Balaban J connectivity index is 1.56. The van der Waals surface area contributed by atoms with E-state index in [1.165, 1.54) is 24.3 Å². The molecule has 1 aliphatic heterocycles. The highest BCUT2D eigenvalue weighted by Gasteiger charge is 2.26. The molecule has 1 atom stereocenters. The van der Waals surface area contributed by atoms with Gasteiger partial charge in [-0.2, -0.15) is 0 Å². The number of piperazine rings is 1. The number of hydrogen-bond acceptors (Lipinski definition) is 5. The van der Waals surface area contributed by atoms with Crippen molar-refractivity contribution in [3.05, 3.63) is 69.0 Å². The fourth-order valence-electron chi connectivity index (χ4n) is 3.30. The van der Waals surface area contributed by atoms with E-state index >= 15 is 0 Å². The fraction of sp³-hybridized carbons (Fsp3) is 0.350. The Kier molecular flexibility index (Phi) is 6.79. The van der Waals surface area contributed by atoms with Crippen LogP contribution in [0.3, 0.4) is 0 Å². The van der Waals surface area contributed by atoms with Gasteiger partial charge >= 0.3 is 0 Å². The second-order valence-electron chi connectivity index (χ2n) is 6.99. The summed E-state index contributed by atoms with van der Waals surface area (Å²) < 4.78 is 13.8. The second kappa shape index (κ2) is 9.30. The number of carbonyl (C=O) groups excluding carboxylic acids is 1. The number of benzene rings is 2. The molecule has 9 heteroatoms. The average Bonchev–Trinajstić information content (AvgIpc) is 2.71. The van der Waals surface area contributed by atoms with Crippen LogP contribution >= 0.6 is 11.6 Å². The maximum Gasteiger partial charge on any atom is 0.271 e. The number of nitro groups is 1. The molecular formula is C20H22ClFN4O3. The summed E-state index contributed by atoms with van der Waals surface area (Å²) in [6.07, 6.45) is 0. The van der Waals surface area contributed by atoms with E-state index in [2.05, 4.69) is 10.2 Å². The van der Waals surface area contributed by atoms with Gasteiger partial charge in [-0.05, 0) is 19.1 Å². The van der Waals surface area contributed by atoms with Gasteiger partial charge in [0.25, 0.3) is 5.69 Å². The molecule has 1 saturated heterocycles. The normalized spacial score (nSPS) is 16.4. The van der Waals surface area contributed by atoms with Crippen LogP contribution in [0, 0.1) is 15.9 Å². The van der Waals surface area contributed by atoms with Crippen LogP contribution in [0.25, 0.3) is 0 Å². The summed E-state index contributed by atoms with van der Waals surface area (Å²) >= 11 is 6.06. The number of nitrogens with zero attached hydrogens (tertiary/aromatic N) is 3. The maximum atomic E-state index is 13.8. The molecule has 0 aliphatic carbocycles. The predicted octanol–water partition coefficient (Wildman–Crippen LogP) is 3.53. The van der Waals surface area contributed by atoms with E-state index in [9.17, 15) is 19.3 Å². The summed E-state index contributed by atoms with van der Waals surface area (Å²) in [4.78, 5) is 27.2. The molecule has 1 unspecified atom stereocenters. The van der Waals surface area contributed by atoms with Crippen molar-refractivity contribution >= 4 is 28.9 Å². The van der Waals surface area contributed by atoms with Crippen molar-refractivity contribution in [3.8, 4) is 0 Å². The number of amides is 1. The number of rotatable bonds is 6. The van der Waals surface area contributed by atoms with Gasteiger partial charge in [0.05, 0.1) is 21.7 Å². The van der Waals surface area contributed by atoms with Gasteiger partial charge < -0.3 is 5.32 Å². The highest BCUT2D eigenvalue weighted by Crippen LogP contribution is 2.27. The van der Waals surface area contributed by atoms with Crippen LogP contribution in [0.4, 0.5) is 15.8 Å².